The average molecular weight is 1150 g/mol. The molecule has 18 nitrogen and oxygen atoms in total. The van der Waals surface area contributed by atoms with Gasteiger partial charge in [0, 0.05) is 57.2 Å². The molecular formula is C64H91NO17. The molecule has 1 amide bonds. The van der Waals surface area contributed by atoms with E-state index < -0.39 is 104 Å². The Morgan fingerprint density at radius 3 is 1.56 bits per heavy atom. The van der Waals surface area contributed by atoms with Crippen molar-refractivity contribution in [2.45, 2.75) is 214 Å². The normalized spacial score (nSPS) is 33.9. The fraction of sp³-hybridized carbons (Fsp3) is 0.656. The van der Waals surface area contributed by atoms with Gasteiger partial charge in [-0.25, -0.2) is 9.59 Å². The maximum atomic E-state index is 13.9. The van der Waals surface area contributed by atoms with E-state index in [4.69, 9.17) is 61.6 Å². The summed E-state index contributed by atoms with van der Waals surface area (Å²) in [5, 5.41) is 0. The highest BCUT2D eigenvalue weighted by Crippen LogP contribution is 2.43. The predicted molar refractivity (Wildman–Crippen MR) is 302 cm³/mol. The van der Waals surface area contributed by atoms with Crippen molar-refractivity contribution in [2.75, 3.05) is 20.3 Å². The van der Waals surface area contributed by atoms with Crippen LogP contribution in [0.3, 0.4) is 0 Å². The van der Waals surface area contributed by atoms with Crippen molar-refractivity contribution in [3.63, 3.8) is 0 Å². The molecule has 4 saturated heterocycles. The summed E-state index contributed by atoms with van der Waals surface area (Å²) in [6, 6.07) is 29.4. The van der Waals surface area contributed by atoms with Crippen LogP contribution in [0.4, 0.5) is 4.79 Å². The lowest BCUT2D eigenvalue weighted by atomic mass is 9.82. The highest BCUT2D eigenvalue weighted by molar-refractivity contribution is 5.75. The summed E-state index contributed by atoms with van der Waals surface area (Å²) in [5.41, 5.74) is 2.94. The second-order valence-electron chi connectivity index (χ2n) is 22.8. The molecule has 18 heteroatoms. The van der Waals surface area contributed by atoms with Gasteiger partial charge >= 0.3 is 24.0 Å². The molecule has 0 saturated carbocycles. The summed E-state index contributed by atoms with van der Waals surface area (Å²) < 4.78 is 83.1. The lowest BCUT2D eigenvalue weighted by Gasteiger charge is -2.51. The molecule has 4 fully saturated rings. The van der Waals surface area contributed by atoms with Crippen LogP contribution in [0.25, 0.3) is 0 Å². The van der Waals surface area contributed by atoms with E-state index in [9.17, 15) is 19.2 Å². The Hall–Kier alpha value is -5.02. The number of carbonyl (C=O) groups is 4. The van der Waals surface area contributed by atoms with Crippen LogP contribution < -0.4 is 0 Å². The molecule has 4 heterocycles. The van der Waals surface area contributed by atoms with Crippen LogP contribution in [-0.2, 0) is 95.7 Å². The largest absolute Gasteiger partial charge is 0.467 e. The van der Waals surface area contributed by atoms with Gasteiger partial charge in [-0.15, -0.1) is 0 Å². The first-order chi connectivity index (χ1) is 39.4. The number of ether oxygens (including phenoxy) is 13. The first-order valence-corrected chi connectivity index (χ1v) is 29.7. The molecule has 3 aromatic rings. The highest BCUT2D eigenvalue weighted by atomic mass is 16.8. The number of hydrogen-bond donors (Lipinski definition) is 0. The zero-order valence-electron chi connectivity index (χ0n) is 50.2. The van der Waals surface area contributed by atoms with E-state index in [-0.39, 0.29) is 48.4 Å². The van der Waals surface area contributed by atoms with E-state index in [2.05, 4.69) is 13.8 Å². The van der Waals surface area contributed by atoms with Gasteiger partial charge in [-0.2, -0.15) is 0 Å². The average Bonchev–Trinajstić information content (AvgIpc) is 3.17. The summed E-state index contributed by atoms with van der Waals surface area (Å²) in [4.78, 5) is 54.5. The Morgan fingerprint density at radius 2 is 1.00 bits per heavy atom. The third-order valence-electron chi connectivity index (χ3n) is 17.0. The summed E-state index contributed by atoms with van der Waals surface area (Å²) in [5.74, 6) is -3.32. The smallest absolute Gasteiger partial charge is 0.410 e. The van der Waals surface area contributed by atoms with Crippen LogP contribution >= 0.6 is 0 Å². The Morgan fingerprint density at radius 1 is 0.488 bits per heavy atom. The Balaban J connectivity index is 0.967. The minimum absolute atomic E-state index is 0.124. The van der Waals surface area contributed by atoms with Gasteiger partial charge in [0.05, 0.1) is 44.2 Å². The quantitative estimate of drug-likeness (QED) is 0.0442. The number of amides is 1. The van der Waals surface area contributed by atoms with Crippen molar-refractivity contribution in [2.24, 2.45) is 35.5 Å². The SMILES string of the molecule is CCC1O[C@H](OCCCCCN(Cc2ccccc2)C(=O)OCc2ccccc2)C(C)[C@@H](C)[C@@H]1O[C@@H]1OC(C(=O)OC)[C@@H](O[C@H]2OC(CC)[C@@H](O[C@@H]3OC(C)[C@@H](C)[C@@H](OCc4ccccc4)C3OC(C)=O)[C@H](C)C2C)[C@H](C)C1OC(C)=O. The topological polar surface area (TPSA) is 192 Å². The summed E-state index contributed by atoms with van der Waals surface area (Å²) in [6.07, 6.45) is -7.55. The fourth-order valence-corrected chi connectivity index (χ4v) is 11.6. The molecule has 20 atom stereocenters. The fourth-order valence-electron chi connectivity index (χ4n) is 11.6. The molecule has 0 radical (unpaired) electrons. The Bertz CT molecular complexity index is 2410. The maximum Gasteiger partial charge on any atom is 0.410 e. The van der Waals surface area contributed by atoms with Crippen molar-refractivity contribution < 1.29 is 80.8 Å². The number of esters is 3. The zero-order valence-corrected chi connectivity index (χ0v) is 50.2. The lowest BCUT2D eigenvalue weighted by molar-refractivity contribution is -0.365. The van der Waals surface area contributed by atoms with Crippen molar-refractivity contribution >= 4 is 24.0 Å². The van der Waals surface area contributed by atoms with Crippen molar-refractivity contribution in [3.05, 3.63) is 108 Å². The molecule has 8 unspecified atom stereocenters. The number of unbranched alkanes of at least 4 members (excludes halogenated alkanes) is 2. The first-order valence-electron chi connectivity index (χ1n) is 29.7. The van der Waals surface area contributed by atoms with Crippen LogP contribution in [0.5, 0.6) is 0 Å². The van der Waals surface area contributed by atoms with Crippen LogP contribution in [0.2, 0.25) is 0 Å². The number of nitrogens with zero attached hydrogens (tertiary/aromatic N) is 1. The summed E-state index contributed by atoms with van der Waals surface area (Å²) in [6.45, 7) is 22.6. The van der Waals surface area contributed by atoms with E-state index in [1.807, 2.05) is 139 Å². The van der Waals surface area contributed by atoms with Gasteiger partial charge in [-0.1, -0.05) is 146 Å². The molecule has 0 spiro atoms. The van der Waals surface area contributed by atoms with E-state index in [0.29, 0.717) is 39.1 Å². The Labute approximate surface area is 485 Å². The number of benzene rings is 3. The third-order valence-corrected chi connectivity index (χ3v) is 17.0. The predicted octanol–water partition coefficient (Wildman–Crippen LogP) is 10.3. The third kappa shape index (κ3) is 16.9. The van der Waals surface area contributed by atoms with Gasteiger partial charge in [-0.3, -0.25) is 9.59 Å². The standard InChI is InChI=1S/C64H91NO17/c1-13-50-52(38(3)40(5)60(77-50)71-34-26-18-25-33-65(35-47-27-19-15-20-28-47)64(69)73-37-49-31-23-17-24-32-49)79-62-56(75-45(10)66)43(8)55(57(82-62)59(68)70-12)81-61-41(6)39(4)53(51(14-2)78-61)80-63-58(76-46(11)67)54(42(7)44(9)74-63)72-36-48-29-21-16-22-30-48/h15-17,19-24,27-32,38-44,50-58,60-63H,13-14,18,25-26,33-37H2,1-12H3/t38-,39-,40?,41?,42-,43+,44?,50?,51?,52+,53+,54-,55+,56?,57?,58?,60+,61-,62-,63+/m1/s1. The molecule has 82 heavy (non-hydrogen) atoms. The lowest BCUT2D eigenvalue weighted by Crippen LogP contribution is -2.63. The zero-order chi connectivity index (χ0) is 59.0. The number of carbonyl (C=O) groups excluding carboxylic acids is 4. The van der Waals surface area contributed by atoms with Gasteiger partial charge in [0.1, 0.15) is 18.8 Å². The molecule has 7 rings (SSSR count). The summed E-state index contributed by atoms with van der Waals surface area (Å²) >= 11 is 0. The molecule has 0 aliphatic carbocycles. The van der Waals surface area contributed by atoms with Crippen LogP contribution in [-0.4, -0.2) is 135 Å². The number of methoxy groups -OCH3 is 1. The molecule has 454 valence electrons. The van der Waals surface area contributed by atoms with Gasteiger partial charge in [0.15, 0.2) is 43.5 Å². The summed E-state index contributed by atoms with van der Waals surface area (Å²) in [7, 11) is 1.28. The molecule has 0 aromatic heterocycles. The van der Waals surface area contributed by atoms with Gasteiger partial charge in [0.25, 0.3) is 0 Å². The van der Waals surface area contributed by atoms with Crippen molar-refractivity contribution in [1.82, 2.24) is 4.90 Å². The van der Waals surface area contributed by atoms with E-state index in [0.717, 1.165) is 36.0 Å². The molecule has 3 aromatic carbocycles. The van der Waals surface area contributed by atoms with E-state index in [1.165, 1.54) is 21.0 Å². The van der Waals surface area contributed by atoms with Crippen molar-refractivity contribution in [1.29, 1.82) is 0 Å². The van der Waals surface area contributed by atoms with Gasteiger partial charge < -0.3 is 66.5 Å². The molecule has 4 aliphatic rings. The van der Waals surface area contributed by atoms with E-state index in [1.54, 1.807) is 4.90 Å². The monoisotopic (exact) mass is 1150 g/mol. The van der Waals surface area contributed by atoms with E-state index >= 15 is 0 Å². The molecular weight excluding hydrogens is 1050 g/mol. The first kappa shape index (κ1) is 64.5. The molecule has 0 N–H and O–H groups in total. The van der Waals surface area contributed by atoms with Gasteiger partial charge in [-0.05, 0) is 67.6 Å². The number of hydrogen-bond acceptors (Lipinski definition) is 17. The number of rotatable bonds is 25. The van der Waals surface area contributed by atoms with Gasteiger partial charge in [0.2, 0.25) is 0 Å². The van der Waals surface area contributed by atoms with Crippen LogP contribution in [0.1, 0.15) is 125 Å². The van der Waals surface area contributed by atoms with Crippen LogP contribution in [0.15, 0.2) is 91.0 Å². The Kier molecular flexibility index (Phi) is 24.6. The minimum Gasteiger partial charge on any atom is -0.467 e. The molecule has 0 bridgehead atoms. The highest BCUT2D eigenvalue weighted by Gasteiger charge is 2.56. The second-order valence-corrected chi connectivity index (χ2v) is 22.8. The maximum absolute atomic E-state index is 13.9. The second kappa shape index (κ2) is 31.2. The molecule has 4 aliphatic heterocycles. The minimum atomic E-state index is -1.30. The van der Waals surface area contributed by atoms with Crippen LogP contribution in [0, 0.1) is 35.5 Å². The van der Waals surface area contributed by atoms with Crippen molar-refractivity contribution in [3.8, 4) is 0 Å².